The van der Waals surface area contributed by atoms with Gasteiger partial charge in [0.25, 0.3) is 11.8 Å². The van der Waals surface area contributed by atoms with Gasteiger partial charge in [-0.2, -0.15) is 0 Å². The molecule has 1 aliphatic heterocycles. The predicted octanol–water partition coefficient (Wildman–Crippen LogP) is 5.80. The second-order valence-electron chi connectivity index (χ2n) is 7.63. The first kappa shape index (κ1) is 20.8. The zero-order valence-electron chi connectivity index (χ0n) is 17.3. The molecule has 1 aliphatic rings. The van der Waals surface area contributed by atoms with E-state index in [1.807, 2.05) is 26.8 Å². The minimum absolute atomic E-state index is 0.140. The quantitative estimate of drug-likeness (QED) is 0.528. The second-order valence-corrected chi connectivity index (χ2v) is 8.07. The summed E-state index contributed by atoms with van der Waals surface area (Å²) in [5.74, 6) is -1.35. The van der Waals surface area contributed by atoms with Gasteiger partial charge in [-0.15, -0.1) is 0 Å². The summed E-state index contributed by atoms with van der Waals surface area (Å²) < 4.78 is 13.5. The van der Waals surface area contributed by atoms with Crippen LogP contribution in [-0.4, -0.2) is 11.8 Å². The highest BCUT2D eigenvalue weighted by Gasteiger charge is 2.40. The van der Waals surface area contributed by atoms with Crippen molar-refractivity contribution < 1.29 is 14.0 Å². The first-order chi connectivity index (χ1) is 14.7. The molecule has 0 fully saturated rings. The van der Waals surface area contributed by atoms with Crippen LogP contribution >= 0.6 is 11.6 Å². The van der Waals surface area contributed by atoms with Crippen LogP contribution in [0, 0.1) is 26.6 Å². The molecule has 0 saturated carbocycles. The highest BCUT2D eigenvalue weighted by molar-refractivity contribution is 6.46. The fourth-order valence-corrected chi connectivity index (χ4v) is 3.97. The van der Waals surface area contributed by atoms with Gasteiger partial charge in [-0.3, -0.25) is 9.59 Å². The molecular weight excluding hydrogens is 415 g/mol. The van der Waals surface area contributed by atoms with Crippen molar-refractivity contribution in [3.05, 3.63) is 99.5 Å². The molecule has 0 radical (unpaired) electrons. The third-order valence-electron chi connectivity index (χ3n) is 5.13. The van der Waals surface area contributed by atoms with Crippen molar-refractivity contribution in [1.29, 1.82) is 0 Å². The van der Waals surface area contributed by atoms with Gasteiger partial charge in [0.15, 0.2) is 0 Å². The Balaban J connectivity index is 1.85. The van der Waals surface area contributed by atoms with Crippen molar-refractivity contribution in [1.82, 2.24) is 0 Å². The number of nitrogens with one attached hydrogen (secondary N) is 1. The smallest absolute Gasteiger partial charge is 0.282 e. The molecule has 0 aromatic heterocycles. The number of benzene rings is 3. The summed E-state index contributed by atoms with van der Waals surface area (Å²) in [5.41, 5.74) is 4.64. The maximum Gasteiger partial charge on any atom is 0.282 e. The Bertz CT molecular complexity index is 1230. The van der Waals surface area contributed by atoms with Crippen LogP contribution in [0.15, 0.2) is 66.4 Å². The average Bonchev–Trinajstić information content (AvgIpc) is 2.94. The van der Waals surface area contributed by atoms with Crippen molar-refractivity contribution in [2.24, 2.45) is 0 Å². The Morgan fingerprint density at radius 3 is 2.10 bits per heavy atom. The number of nitrogens with zero attached hydrogens (tertiary/aromatic N) is 1. The summed E-state index contributed by atoms with van der Waals surface area (Å²) in [4.78, 5) is 28.1. The van der Waals surface area contributed by atoms with Gasteiger partial charge < -0.3 is 5.32 Å². The SMILES string of the molecule is Cc1cc(C)cc(N2C(=O)C(Nc3ccc(Cl)cc3C)=C(c3ccc(F)cc3)C2=O)c1. The summed E-state index contributed by atoms with van der Waals surface area (Å²) in [6.07, 6.45) is 0. The fraction of sp³-hybridized carbons (Fsp3) is 0.120. The molecule has 0 bridgehead atoms. The summed E-state index contributed by atoms with van der Waals surface area (Å²) in [7, 11) is 0. The molecule has 0 aliphatic carbocycles. The summed E-state index contributed by atoms with van der Waals surface area (Å²) in [6, 6.07) is 16.3. The van der Waals surface area contributed by atoms with Crippen molar-refractivity contribution in [3.8, 4) is 0 Å². The topological polar surface area (TPSA) is 49.4 Å². The van der Waals surface area contributed by atoms with E-state index in [9.17, 15) is 14.0 Å². The normalized spacial score (nSPS) is 13.9. The van der Waals surface area contributed by atoms with Gasteiger partial charge in [-0.1, -0.05) is 29.8 Å². The van der Waals surface area contributed by atoms with E-state index in [1.165, 1.54) is 24.3 Å². The lowest BCUT2D eigenvalue weighted by molar-refractivity contribution is -0.120. The van der Waals surface area contributed by atoms with Crippen LogP contribution in [0.1, 0.15) is 22.3 Å². The van der Waals surface area contributed by atoms with E-state index < -0.39 is 17.6 Å². The Labute approximate surface area is 185 Å². The lowest BCUT2D eigenvalue weighted by Crippen LogP contribution is -2.32. The van der Waals surface area contributed by atoms with E-state index in [-0.39, 0.29) is 11.3 Å². The molecule has 0 unspecified atom stereocenters. The number of amides is 2. The van der Waals surface area contributed by atoms with Gasteiger partial charge in [0.1, 0.15) is 11.5 Å². The maximum absolute atomic E-state index is 13.5. The van der Waals surface area contributed by atoms with E-state index in [0.29, 0.717) is 22.0 Å². The van der Waals surface area contributed by atoms with Crippen LogP contribution in [0.4, 0.5) is 15.8 Å². The van der Waals surface area contributed by atoms with Crippen molar-refractivity contribution in [2.75, 3.05) is 10.2 Å². The van der Waals surface area contributed by atoms with Gasteiger partial charge in [-0.25, -0.2) is 9.29 Å². The first-order valence-corrected chi connectivity index (χ1v) is 10.1. The highest BCUT2D eigenvalue weighted by atomic mass is 35.5. The third kappa shape index (κ3) is 3.97. The number of anilines is 2. The Morgan fingerprint density at radius 2 is 1.48 bits per heavy atom. The van der Waals surface area contributed by atoms with Crippen molar-refractivity contribution in [3.63, 3.8) is 0 Å². The highest BCUT2D eigenvalue weighted by Crippen LogP contribution is 2.35. The lowest BCUT2D eigenvalue weighted by atomic mass is 10.0. The number of aryl methyl sites for hydroxylation is 3. The van der Waals surface area contributed by atoms with E-state index in [4.69, 9.17) is 11.6 Å². The molecule has 31 heavy (non-hydrogen) atoms. The standard InChI is InChI=1S/C25H20ClFN2O2/c1-14-10-15(2)12-20(11-14)29-24(30)22(17-4-7-19(27)8-5-17)23(25(29)31)28-21-9-6-18(26)13-16(21)3/h4-13,28H,1-3H3. The van der Waals surface area contributed by atoms with Crippen LogP contribution < -0.4 is 10.2 Å². The largest absolute Gasteiger partial charge is 0.350 e. The predicted molar refractivity (Wildman–Crippen MR) is 122 cm³/mol. The monoisotopic (exact) mass is 434 g/mol. The molecule has 0 atom stereocenters. The van der Waals surface area contributed by atoms with Crippen LogP contribution in [0.2, 0.25) is 5.02 Å². The summed E-state index contributed by atoms with van der Waals surface area (Å²) in [6.45, 7) is 5.67. The second kappa shape index (κ2) is 8.00. The van der Waals surface area contributed by atoms with Crippen LogP contribution in [0.3, 0.4) is 0 Å². The van der Waals surface area contributed by atoms with Crippen molar-refractivity contribution in [2.45, 2.75) is 20.8 Å². The Morgan fingerprint density at radius 1 is 0.839 bits per heavy atom. The average molecular weight is 435 g/mol. The van der Waals surface area contributed by atoms with Gasteiger partial charge in [0.2, 0.25) is 0 Å². The van der Waals surface area contributed by atoms with Gasteiger partial charge in [0, 0.05) is 10.7 Å². The number of hydrogen-bond acceptors (Lipinski definition) is 3. The minimum atomic E-state index is -0.469. The van der Waals surface area contributed by atoms with Gasteiger partial charge in [0.05, 0.1) is 11.3 Å². The van der Waals surface area contributed by atoms with Crippen LogP contribution in [0.25, 0.3) is 5.57 Å². The Kier molecular flexibility index (Phi) is 5.38. The number of rotatable bonds is 4. The number of imide groups is 1. The number of carbonyl (C=O) groups is 2. The molecule has 1 N–H and O–H groups in total. The van der Waals surface area contributed by atoms with E-state index in [1.54, 1.807) is 30.3 Å². The lowest BCUT2D eigenvalue weighted by Gasteiger charge is -2.17. The zero-order chi connectivity index (χ0) is 22.3. The molecule has 6 heteroatoms. The molecule has 1 heterocycles. The first-order valence-electron chi connectivity index (χ1n) is 9.75. The molecule has 4 rings (SSSR count). The third-order valence-corrected chi connectivity index (χ3v) is 5.36. The molecule has 0 saturated heterocycles. The summed E-state index contributed by atoms with van der Waals surface area (Å²) in [5, 5.41) is 3.69. The van der Waals surface area contributed by atoms with Crippen LogP contribution in [0.5, 0.6) is 0 Å². The summed E-state index contributed by atoms with van der Waals surface area (Å²) >= 11 is 6.05. The Hall–Kier alpha value is -3.44. The van der Waals surface area contributed by atoms with Gasteiger partial charge in [-0.05, 0) is 85.5 Å². The number of carbonyl (C=O) groups excluding carboxylic acids is 2. The van der Waals surface area contributed by atoms with E-state index >= 15 is 0 Å². The number of hydrogen-bond donors (Lipinski definition) is 1. The van der Waals surface area contributed by atoms with E-state index in [2.05, 4.69) is 5.32 Å². The fourth-order valence-electron chi connectivity index (χ4n) is 3.75. The zero-order valence-corrected chi connectivity index (χ0v) is 18.0. The molecular formula is C25H20ClFN2O2. The molecule has 4 nitrogen and oxygen atoms in total. The molecule has 156 valence electrons. The van der Waals surface area contributed by atoms with E-state index in [0.717, 1.165) is 21.6 Å². The molecule has 3 aromatic rings. The minimum Gasteiger partial charge on any atom is -0.350 e. The van der Waals surface area contributed by atoms with Crippen molar-refractivity contribution >= 4 is 40.4 Å². The number of halogens is 2. The molecule has 2 amide bonds. The van der Waals surface area contributed by atoms with Crippen LogP contribution in [-0.2, 0) is 9.59 Å². The molecule has 0 spiro atoms. The van der Waals surface area contributed by atoms with Gasteiger partial charge >= 0.3 is 0 Å². The molecule has 3 aromatic carbocycles. The maximum atomic E-state index is 13.5.